The summed E-state index contributed by atoms with van der Waals surface area (Å²) in [6.45, 7) is 5.77. The Labute approximate surface area is 75.3 Å². The topological polar surface area (TPSA) is 60.2 Å². The third kappa shape index (κ3) is 2.75. The molecule has 1 atom stereocenters. The van der Waals surface area contributed by atoms with Gasteiger partial charge >= 0.3 is 0 Å². The molecule has 4 heteroatoms. The van der Waals surface area contributed by atoms with Crippen LogP contribution >= 0.6 is 0 Å². The van der Waals surface area contributed by atoms with Crippen LogP contribution in [-0.2, 0) is 9.84 Å². The Morgan fingerprint density at radius 2 is 1.83 bits per heavy atom. The van der Waals surface area contributed by atoms with E-state index in [0.717, 1.165) is 0 Å². The van der Waals surface area contributed by atoms with E-state index in [4.69, 9.17) is 5.73 Å². The first-order chi connectivity index (χ1) is 5.46. The molecular weight excluding hydrogens is 174 g/mol. The summed E-state index contributed by atoms with van der Waals surface area (Å²) in [7, 11) is -2.93. The van der Waals surface area contributed by atoms with Crippen molar-refractivity contribution >= 4 is 9.84 Å². The predicted molar refractivity (Wildman–Crippen MR) is 51.8 cm³/mol. The van der Waals surface area contributed by atoms with Gasteiger partial charge in [0.15, 0.2) is 9.84 Å². The van der Waals surface area contributed by atoms with Crippen molar-refractivity contribution in [3.05, 3.63) is 0 Å². The molecule has 12 heavy (non-hydrogen) atoms. The zero-order chi connectivity index (χ0) is 9.78. The Hall–Kier alpha value is -0.0900. The predicted octanol–water partition coefficient (Wildman–Crippen LogP) is 0.937. The molecule has 3 nitrogen and oxygen atoms in total. The molecule has 1 unspecified atom stereocenters. The molecule has 0 aromatic carbocycles. The van der Waals surface area contributed by atoms with Crippen LogP contribution in [0.4, 0.5) is 0 Å². The van der Waals surface area contributed by atoms with Crippen molar-refractivity contribution in [1.29, 1.82) is 0 Å². The van der Waals surface area contributed by atoms with Crippen molar-refractivity contribution in [2.24, 2.45) is 5.73 Å². The van der Waals surface area contributed by atoms with Crippen LogP contribution in [0.3, 0.4) is 0 Å². The van der Waals surface area contributed by atoms with Gasteiger partial charge in [-0.2, -0.15) is 0 Å². The lowest BCUT2D eigenvalue weighted by Crippen LogP contribution is -2.29. The van der Waals surface area contributed by atoms with Crippen LogP contribution < -0.4 is 5.73 Å². The first kappa shape index (κ1) is 11.9. The summed E-state index contributed by atoms with van der Waals surface area (Å²) >= 11 is 0. The number of hydrogen-bond donors (Lipinski definition) is 1. The third-order valence-corrected chi connectivity index (χ3v) is 4.88. The van der Waals surface area contributed by atoms with Crippen LogP contribution in [0.15, 0.2) is 0 Å². The van der Waals surface area contributed by atoms with Crippen LogP contribution in [0.5, 0.6) is 0 Å². The van der Waals surface area contributed by atoms with Gasteiger partial charge in [0.25, 0.3) is 0 Å². The Bertz CT molecular complexity index is 209. The van der Waals surface area contributed by atoms with Crippen molar-refractivity contribution in [3.63, 3.8) is 0 Å². The molecule has 74 valence electrons. The SMILES string of the molecule is CCC(CCN)S(=O)(=O)C(C)C. The maximum Gasteiger partial charge on any atom is 0.155 e. The minimum atomic E-state index is -2.93. The van der Waals surface area contributed by atoms with E-state index in [1.54, 1.807) is 13.8 Å². The number of nitrogens with two attached hydrogens (primary N) is 1. The van der Waals surface area contributed by atoms with Crippen LogP contribution in [0.25, 0.3) is 0 Å². The standard InChI is InChI=1S/C8H19NO2S/c1-4-8(5-6-9)12(10,11)7(2)3/h7-8H,4-6,9H2,1-3H3. The molecule has 0 saturated heterocycles. The molecule has 0 rings (SSSR count). The second-order valence-corrected chi connectivity index (χ2v) is 6.03. The summed E-state index contributed by atoms with van der Waals surface area (Å²) in [5.41, 5.74) is 5.34. The monoisotopic (exact) mass is 193 g/mol. The highest BCUT2D eigenvalue weighted by atomic mass is 32.2. The third-order valence-electron chi connectivity index (χ3n) is 2.07. The summed E-state index contributed by atoms with van der Waals surface area (Å²) in [5.74, 6) is 0. The fraction of sp³-hybridized carbons (Fsp3) is 1.00. The van der Waals surface area contributed by atoms with E-state index in [1.165, 1.54) is 0 Å². The van der Waals surface area contributed by atoms with E-state index in [9.17, 15) is 8.42 Å². The minimum absolute atomic E-state index is 0.248. The minimum Gasteiger partial charge on any atom is -0.330 e. The van der Waals surface area contributed by atoms with Crippen LogP contribution in [0.2, 0.25) is 0 Å². The van der Waals surface area contributed by atoms with Gasteiger partial charge in [-0.15, -0.1) is 0 Å². The average Bonchev–Trinajstić information content (AvgIpc) is 1.99. The maximum atomic E-state index is 11.6. The zero-order valence-electron chi connectivity index (χ0n) is 8.08. The van der Waals surface area contributed by atoms with Crippen LogP contribution in [0, 0.1) is 0 Å². The quantitative estimate of drug-likeness (QED) is 0.707. The van der Waals surface area contributed by atoms with Crippen molar-refractivity contribution in [2.75, 3.05) is 6.54 Å². The normalized spacial score (nSPS) is 15.1. The second kappa shape index (κ2) is 4.82. The molecule has 0 aromatic heterocycles. The fourth-order valence-corrected chi connectivity index (χ4v) is 2.87. The molecule has 0 fully saturated rings. The van der Waals surface area contributed by atoms with Gasteiger partial charge in [0.05, 0.1) is 10.5 Å². The molecule has 0 saturated carbocycles. The molecule has 0 heterocycles. The summed E-state index contributed by atoms with van der Waals surface area (Å²) in [4.78, 5) is 0. The Balaban J connectivity index is 4.49. The molecule has 0 bridgehead atoms. The largest absolute Gasteiger partial charge is 0.330 e. The highest BCUT2D eigenvalue weighted by Gasteiger charge is 2.25. The number of hydrogen-bond acceptors (Lipinski definition) is 3. The number of rotatable bonds is 5. The van der Waals surface area contributed by atoms with Gasteiger partial charge in [-0.25, -0.2) is 8.42 Å². The molecule has 0 aliphatic carbocycles. The summed E-state index contributed by atoms with van der Waals surface area (Å²) in [6, 6.07) is 0. The van der Waals surface area contributed by atoms with Crippen molar-refractivity contribution in [3.8, 4) is 0 Å². The average molecular weight is 193 g/mol. The summed E-state index contributed by atoms with van der Waals surface area (Å²) in [5, 5.41) is -0.531. The maximum absolute atomic E-state index is 11.6. The Morgan fingerprint density at radius 3 is 2.08 bits per heavy atom. The molecule has 0 aliphatic rings. The smallest absolute Gasteiger partial charge is 0.155 e. The molecule has 0 amide bonds. The lowest BCUT2D eigenvalue weighted by Gasteiger charge is -2.17. The fourth-order valence-electron chi connectivity index (χ4n) is 1.17. The van der Waals surface area contributed by atoms with Crippen molar-refractivity contribution in [1.82, 2.24) is 0 Å². The Morgan fingerprint density at radius 1 is 1.33 bits per heavy atom. The van der Waals surface area contributed by atoms with Gasteiger partial charge in [0, 0.05) is 0 Å². The first-order valence-electron chi connectivity index (χ1n) is 4.39. The molecule has 0 spiro atoms. The van der Waals surface area contributed by atoms with Crippen molar-refractivity contribution in [2.45, 2.75) is 44.1 Å². The van der Waals surface area contributed by atoms with Gasteiger partial charge in [-0.3, -0.25) is 0 Å². The van der Waals surface area contributed by atoms with E-state index >= 15 is 0 Å². The van der Waals surface area contributed by atoms with Gasteiger partial charge in [0.2, 0.25) is 0 Å². The summed E-state index contributed by atoms with van der Waals surface area (Å²) in [6.07, 6.45) is 1.24. The van der Waals surface area contributed by atoms with E-state index in [-0.39, 0.29) is 10.5 Å². The van der Waals surface area contributed by atoms with Crippen molar-refractivity contribution < 1.29 is 8.42 Å². The van der Waals surface area contributed by atoms with E-state index < -0.39 is 9.84 Å². The lowest BCUT2D eigenvalue weighted by molar-refractivity contribution is 0.559. The highest BCUT2D eigenvalue weighted by Crippen LogP contribution is 2.14. The van der Waals surface area contributed by atoms with E-state index in [2.05, 4.69) is 0 Å². The van der Waals surface area contributed by atoms with Gasteiger partial charge < -0.3 is 5.73 Å². The second-order valence-electron chi connectivity index (χ2n) is 3.25. The van der Waals surface area contributed by atoms with Crippen LogP contribution in [-0.4, -0.2) is 25.5 Å². The van der Waals surface area contributed by atoms with Gasteiger partial charge in [0.1, 0.15) is 0 Å². The molecular formula is C8H19NO2S. The van der Waals surface area contributed by atoms with Crippen LogP contribution in [0.1, 0.15) is 33.6 Å². The van der Waals surface area contributed by atoms with E-state index in [0.29, 0.717) is 19.4 Å². The molecule has 0 radical (unpaired) electrons. The summed E-state index contributed by atoms with van der Waals surface area (Å²) < 4.78 is 23.2. The molecule has 0 aliphatic heterocycles. The first-order valence-corrected chi connectivity index (χ1v) is 6.00. The Kier molecular flexibility index (Phi) is 4.78. The van der Waals surface area contributed by atoms with E-state index in [1.807, 2.05) is 6.92 Å². The zero-order valence-corrected chi connectivity index (χ0v) is 8.89. The number of sulfone groups is 1. The molecule has 2 N–H and O–H groups in total. The van der Waals surface area contributed by atoms with Gasteiger partial charge in [-0.1, -0.05) is 6.92 Å². The lowest BCUT2D eigenvalue weighted by atomic mass is 10.2. The molecule has 0 aromatic rings. The van der Waals surface area contributed by atoms with Gasteiger partial charge in [-0.05, 0) is 33.2 Å². The highest BCUT2D eigenvalue weighted by molar-refractivity contribution is 7.92.